The van der Waals surface area contributed by atoms with E-state index in [2.05, 4.69) is 187 Å². The number of hydrogen-bond donors (Lipinski definition) is 1. The van der Waals surface area contributed by atoms with Crippen LogP contribution in [0.1, 0.15) is 11.8 Å². The number of nitrogens with one attached hydrogen (secondary N) is 1. The first-order valence-corrected chi connectivity index (χ1v) is 18.7. The van der Waals surface area contributed by atoms with Gasteiger partial charge in [0.1, 0.15) is 5.75 Å². The van der Waals surface area contributed by atoms with Crippen molar-refractivity contribution in [3.05, 3.63) is 212 Å². The van der Waals surface area contributed by atoms with E-state index in [-0.39, 0.29) is 6.23 Å². The zero-order chi connectivity index (χ0) is 36.6. The minimum absolute atomic E-state index is 0.206. The van der Waals surface area contributed by atoms with Crippen molar-refractivity contribution in [2.75, 3.05) is 5.32 Å². The quantitative estimate of drug-likeness (QED) is 0.179. The summed E-state index contributed by atoms with van der Waals surface area (Å²) in [7, 11) is 0. The number of benzene rings is 8. The summed E-state index contributed by atoms with van der Waals surface area (Å²) < 4.78 is 6.42. The zero-order valence-electron chi connectivity index (χ0n) is 30.1. The van der Waals surface area contributed by atoms with E-state index in [1.165, 1.54) is 16.3 Å². The summed E-state index contributed by atoms with van der Waals surface area (Å²) in [5.74, 6) is 0.858. The molecule has 8 aromatic carbocycles. The molecule has 1 aliphatic heterocycles. The number of aromatic nitrogens is 1. The van der Waals surface area contributed by atoms with Crippen molar-refractivity contribution in [1.29, 1.82) is 0 Å². The Kier molecular flexibility index (Phi) is 8.23. The molecule has 55 heavy (non-hydrogen) atoms. The van der Waals surface area contributed by atoms with Gasteiger partial charge >= 0.3 is 0 Å². The maximum absolute atomic E-state index is 6.42. The monoisotopic (exact) mass is 704 g/mol. The summed E-state index contributed by atoms with van der Waals surface area (Å²) in [6.45, 7) is 0. The Hall–Kier alpha value is -7.23. The summed E-state index contributed by atoms with van der Waals surface area (Å²) in [6.07, 6.45) is -0.206. The van der Waals surface area contributed by atoms with E-state index < -0.39 is 0 Å². The maximum atomic E-state index is 6.42. The molecule has 3 heteroatoms. The van der Waals surface area contributed by atoms with Crippen LogP contribution in [0.4, 0.5) is 5.69 Å². The van der Waals surface area contributed by atoms with Gasteiger partial charge in [-0.3, -0.25) is 0 Å². The van der Waals surface area contributed by atoms with Gasteiger partial charge in [-0.15, -0.1) is 0 Å². The highest BCUT2D eigenvalue weighted by molar-refractivity contribution is 6.06. The number of nitrogens with zero attached hydrogens (tertiary/aromatic N) is 1. The van der Waals surface area contributed by atoms with Crippen molar-refractivity contribution >= 4 is 16.5 Å². The fourth-order valence-electron chi connectivity index (χ4n) is 7.82. The molecule has 1 aliphatic rings. The molecule has 0 radical (unpaired) electrons. The number of ether oxygens (including phenoxy) is 1. The van der Waals surface area contributed by atoms with Crippen molar-refractivity contribution in [2.24, 2.45) is 0 Å². The molecule has 3 nitrogen and oxygen atoms in total. The van der Waals surface area contributed by atoms with E-state index >= 15 is 0 Å². The number of hydrogen-bond acceptors (Lipinski definition) is 3. The summed E-state index contributed by atoms with van der Waals surface area (Å²) in [4.78, 5) is 5.34. The van der Waals surface area contributed by atoms with Gasteiger partial charge in [0.05, 0.1) is 17.1 Å². The topological polar surface area (TPSA) is 34.1 Å². The van der Waals surface area contributed by atoms with Gasteiger partial charge in [0.15, 0.2) is 6.23 Å². The third kappa shape index (κ3) is 6.22. The summed E-state index contributed by atoms with van der Waals surface area (Å²) in [5, 5.41) is 5.93. The van der Waals surface area contributed by atoms with Gasteiger partial charge in [0.2, 0.25) is 0 Å². The van der Waals surface area contributed by atoms with Crippen LogP contribution in [0, 0.1) is 0 Å². The van der Waals surface area contributed by atoms with Crippen LogP contribution in [0.5, 0.6) is 5.75 Å². The first kappa shape index (κ1) is 32.4. The van der Waals surface area contributed by atoms with Gasteiger partial charge in [-0.25, -0.2) is 4.98 Å². The molecule has 0 saturated carbocycles. The Labute approximate surface area is 321 Å². The highest BCUT2D eigenvalue weighted by Crippen LogP contribution is 2.45. The normalized spacial score (nSPS) is 13.2. The van der Waals surface area contributed by atoms with Gasteiger partial charge < -0.3 is 10.1 Å². The van der Waals surface area contributed by atoms with Gasteiger partial charge in [-0.05, 0) is 85.6 Å². The average molecular weight is 705 g/mol. The molecular weight excluding hydrogens is 669 g/mol. The Bertz CT molecular complexity index is 2760. The van der Waals surface area contributed by atoms with E-state index in [0.717, 1.165) is 78.5 Å². The van der Waals surface area contributed by atoms with E-state index in [4.69, 9.17) is 9.72 Å². The lowest BCUT2D eigenvalue weighted by Crippen LogP contribution is -2.09. The first-order chi connectivity index (χ1) is 27.2. The second-order valence-electron chi connectivity index (χ2n) is 14.0. The molecule has 260 valence electrons. The molecule has 0 spiro atoms. The van der Waals surface area contributed by atoms with Gasteiger partial charge in [0, 0.05) is 16.7 Å². The minimum Gasteiger partial charge on any atom is -0.464 e. The predicted octanol–water partition coefficient (Wildman–Crippen LogP) is 13.7. The van der Waals surface area contributed by atoms with Crippen molar-refractivity contribution in [3.63, 3.8) is 0 Å². The molecule has 1 aromatic heterocycles. The lowest BCUT2D eigenvalue weighted by Gasteiger charge is -2.18. The minimum atomic E-state index is -0.206. The van der Waals surface area contributed by atoms with Crippen LogP contribution in [0.15, 0.2) is 206 Å². The molecule has 2 heterocycles. The van der Waals surface area contributed by atoms with Crippen LogP contribution < -0.4 is 10.1 Å². The van der Waals surface area contributed by atoms with Crippen LogP contribution in [-0.2, 0) is 0 Å². The zero-order valence-corrected chi connectivity index (χ0v) is 30.1. The van der Waals surface area contributed by atoms with Gasteiger partial charge in [-0.2, -0.15) is 0 Å². The fraction of sp³-hybridized carbons (Fsp3) is 0.0192. The average Bonchev–Trinajstić information content (AvgIpc) is 3.71. The molecule has 10 rings (SSSR count). The molecule has 0 bridgehead atoms. The third-order valence-corrected chi connectivity index (χ3v) is 10.5. The highest BCUT2D eigenvalue weighted by Gasteiger charge is 2.24. The van der Waals surface area contributed by atoms with Crippen LogP contribution in [0.3, 0.4) is 0 Å². The van der Waals surface area contributed by atoms with Crippen molar-refractivity contribution in [3.8, 4) is 72.8 Å². The Morgan fingerprint density at radius 1 is 0.400 bits per heavy atom. The van der Waals surface area contributed by atoms with E-state index in [9.17, 15) is 0 Å². The molecule has 9 aromatic rings. The molecule has 1 unspecified atom stereocenters. The molecule has 0 amide bonds. The third-order valence-electron chi connectivity index (χ3n) is 10.5. The molecule has 0 saturated heterocycles. The molecule has 1 N–H and O–H groups in total. The second kappa shape index (κ2) is 14.0. The highest BCUT2D eigenvalue weighted by atomic mass is 16.5. The summed E-state index contributed by atoms with van der Waals surface area (Å²) >= 11 is 0. The van der Waals surface area contributed by atoms with Crippen molar-refractivity contribution < 1.29 is 4.74 Å². The molecule has 1 atom stereocenters. The largest absolute Gasteiger partial charge is 0.464 e. The standard InChI is InChI=1S/C52H36N2O/c1-4-15-35(16-5-1)42-32-48(37-18-6-2-7-19-37)53-49(33-42)45-26-13-12-25-44(45)46-29-27-36-17-10-11-24-43(36)51(46)41-23-14-22-39(31-41)40-28-30-47-50(34-40)55-52(54-47)38-20-8-3-9-21-38/h1-34,52,54H. The van der Waals surface area contributed by atoms with Crippen LogP contribution in [-0.4, -0.2) is 4.98 Å². The lowest BCUT2D eigenvalue weighted by atomic mass is 9.86. The number of pyridine rings is 1. The Balaban J connectivity index is 1.11. The smallest absolute Gasteiger partial charge is 0.196 e. The molecular formula is C52H36N2O. The summed E-state index contributed by atoms with van der Waals surface area (Å²) in [6, 6.07) is 73.0. The van der Waals surface area contributed by atoms with E-state index in [1.54, 1.807) is 0 Å². The van der Waals surface area contributed by atoms with Crippen LogP contribution in [0.2, 0.25) is 0 Å². The number of rotatable bonds is 7. The Morgan fingerprint density at radius 3 is 1.85 bits per heavy atom. The molecule has 0 fully saturated rings. The van der Waals surface area contributed by atoms with E-state index in [1.807, 2.05) is 24.3 Å². The van der Waals surface area contributed by atoms with Crippen LogP contribution >= 0.6 is 0 Å². The molecule has 0 aliphatic carbocycles. The SMILES string of the molecule is c1ccc(-c2cc(-c3ccccc3)nc(-c3ccccc3-c3ccc4ccccc4c3-c3cccc(-c4ccc5c(c4)OC(c4ccccc4)N5)c3)c2)cc1. The fourth-order valence-corrected chi connectivity index (χ4v) is 7.82. The number of fused-ring (bicyclic) bond motifs is 2. The summed E-state index contributed by atoms with van der Waals surface area (Å²) in [5.41, 5.74) is 15.3. The van der Waals surface area contributed by atoms with Crippen LogP contribution in [0.25, 0.3) is 77.8 Å². The first-order valence-electron chi connectivity index (χ1n) is 18.7. The van der Waals surface area contributed by atoms with Crippen molar-refractivity contribution in [2.45, 2.75) is 6.23 Å². The predicted molar refractivity (Wildman–Crippen MR) is 228 cm³/mol. The second-order valence-corrected chi connectivity index (χ2v) is 14.0. The maximum Gasteiger partial charge on any atom is 0.196 e. The number of anilines is 1. The van der Waals surface area contributed by atoms with Gasteiger partial charge in [-0.1, -0.05) is 176 Å². The lowest BCUT2D eigenvalue weighted by molar-refractivity contribution is 0.260. The van der Waals surface area contributed by atoms with E-state index in [0.29, 0.717) is 0 Å². The van der Waals surface area contributed by atoms with Gasteiger partial charge in [0.25, 0.3) is 0 Å². The Morgan fingerprint density at radius 2 is 1.04 bits per heavy atom. The van der Waals surface area contributed by atoms with Crippen molar-refractivity contribution in [1.82, 2.24) is 4.98 Å².